The number of aliphatic hydroxyl groups excluding tert-OH is 3. The van der Waals surface area contributed by atoms with E-state index in [1.54, 1.807) is 0 Å². The Morgan fingerprint density at radius 3 is 2.11 bits per heavy atom. The van der Waals surface area contributed by atoms with Gasteiger partial charge in [0.25, 0.3) is 0 Å². The van der Waals surface area contributed by atoms with E-state index >= 15 is 0 Å². The second-order valence-corrected chi connectivity index (χ2v) is 2.40. The summed E-state index contributed by atoms with van der Waals surface area (Å²) in [5, 5.41) is 24.8. The van der Waals surface area contributed by atoms with E-state index in [1.807, 2.05) is 0 Å². The van der Waals surface area contributed by atoms with Gasteiger partial charge in [0.2, 0.25) is 0 Å². The lowest BCUT2D eigenvalue weighted by Crippen LogP contribution is -2.32. The van der Waals surface area contributed by atoms with E-state index in [0.29, 0.717) is 0 Å². The number of hydrogen-bond donors (Lipinski definition) is 3. The first kappa shape index (κ1) is 8.99. The van der Waals surface area contributed by atoms with E-state index in [0.717, 1.165) is 0 Å². The standard InChI is InChI=1S/C3H8O5S/c4-1-2(5)3(6)9(7)8/h2-6H,1H2,(H,7,8)/p-1. The maximum Gasteiger partial charge on any atom is 0.143 e. The van der Waals surface area contributed by atoms with Gasteiger partial charge in [0, 0.05) is 0 Å². The van der Waals surface area contributed by atoms with Crippen molar-refractivity contribution in [1.29, 1.82) is 0 Å². The highest BCUT2D eigenvalue weighted by atomic mass is 32.2. The number of hydrogen-bond acceptors (Lipinski definition) is 5. The van der Waals surface area contributed by atoms with Gasteiger partial charge in [-0.25, -0.2) is 0 Å². The highest BCUT2D eigenvalue weighted by Crippen LogP contribution is 1.94. The minimum Gasteiger partial charge on any atom is -0.770 e. The summed E-state index contributed by atoms with van der Waals surface area (Å²) in [6.45, 7) is -0.769. The Hall–Kier alpha value is -0.0100. The van der Waals surface area contributed by atoms with E-state index < -0.39 is 29.2 Å². The van der Waals surface area contributed by atoms with Crippen LogP contribution in [0.2, 0.25) is 0 Å². The molecule has 0 aliphatic carbocycles. The van der Waals surface area contributed by atoms with E-state index in [9.17, 15) is 8.76 Å². The first-order chi connectivity index (χ1) is 4.09. The van der Waals surface area contributed by atoms with Gasteiger partial charge in [-0.2, -0.15) is 0 Å². The zero-order valence-electron chi connectivity index (χ0n) is 4.43. The Balaban J connectivity index is 3.72. The van der Waals surface area contributed by atoms with Gasteiger partial charge in [0.1, 0.15) is 11.5 Å². The van der Waals surface area contributed by atoms with Gasteiger partial charge in [-0.1, -0.05) is 0 Å². The first-order valence-electron chi connectivity index (χ1n) is 2.14. The highest BCUT2D eigenvalue weighted by Gasteiger charge is 2.14. The lowest BCUT2D eigenvalue weighted by Gasteiger charge is -2.17. The molecule has 0 bridgehead atoms. The lowest BCUT2D eigenvalue weighted by molar-refractivity contribution is 0.0232. The molecule has 5 nitrogen and oxygen atoms in total. The van der Waals surface area contributed by atoms with Crippen molar-refractivity contribution in [2.75, 3.05) is 6.61 Å². The second-order valence-electron chi connectivity index (χ2n) is 1.40. The van der Waals surface area contributed by atoms with Crippen molar-refractivity contribution in [2.45, 2.75) is 11.5 Å². The van der Waals surface area contributed by atoms with Crippen LogP contribution in [0, 0.1) is 0 Å². The minimum absolute atomic E-state index is 0.769. The molecule has 0 spiro atoms. The molecule has 0 aliphatic heterocycles. The Bertz CT molecular complexity index is 104. The van der Waals surface area contributed by atoms with Crippen LogP contribution in [-0.4, -0.2) is 42.2 Å². The maximum atomic E-state index is 9.78. The predicted molar refractivity (Wildman–Crippen MR) is 28.0 cm³/mol. The van der Waals surface area contributed by atoms with Crippen LogP contribution in [0.5, 0.6) is 0 Å². The second kappa shape index (κ2) is 3.91. The lowest BCUT2D eigenvalue weighted by atomic mass is 10.4. The largest absolute Gasteiger partial charge is 0.770 e. The molecule has 3 unspecified atom stereocenters. The SMILES string of the molecule is O=S([O-])C(O)C(O)CO. The molecule has 3 atom stereocenters. The molecule has 56 valence electrons. The molecule has 9 heavy (non-hydrogen) atoms. The Morgan fingerprint density at radius 2 is 2.00 bits per heavy atom. The third kappa shape index (κ3) is 2.87. The van der Waals surface area contributed by atoms with E-state index in [-0.39, 0.29) is 0 Å². The third-order valence-corrected chi connectivity index (χ3v) is 1.42. The zero-order valence-corrected chi connectivity index (χ0v) is 5.24. The van der Waals surface area contributed by atoms with Crippen LogP contribution in [0.15, 0.2) is 0 Å². The molecule has 0 fully saturated rings. The fourth-order valence-electron chi connectivity index (χ4n) is 0.218. The van der Waals surface area contributed by atoms with E-state index in [1.165, 1.54) is 0 Å². The van der Waals surface area contributed by atoms with E-state index in [2.05, 4.69) is 0 Å². The number of aliphatic hydroxyl groups is 3. The predicted octanol–water partition coefficient (Wildman–Crippen LogP) is -2.46. The van der Waals surface area contributed by atoms with Crippen molar-refractivity contribution in [1.82, 2.24) is 0 Å². The van der Waals surface area contributed by atoms with Crippen molar-refractivity contribution in [3.8, 4) is 0 Å². The van der Waals surface area contributed by atoms with Crippen molar-refractivity contribution in [3.63, 3.8) is 0 Å². The molecule has 0 aromatic heterocycles. The summed E-state index contributed by atoms with van der Waals surface area (Å²) in [4.78, 5) is 0. The Labute approximate surface area is 54.2 Å². The summed E-state index contributed by atoms with van der Waals surface area (Å²) in [7, 11) is 0. The molecule has 3 N–H and O–H groups in total. The summed E-state index contributed by atoms with van der Waals surface area (Å²) in [5.74, 6) is 0. The van der Waals surface area contributed by atoms with E-state index in [4.69, 9.17) is 15.3 Å². The van der Waals surface area contributed by atoms with Crippen molar-refractivity contribution in [3.05, 3.63) is 0 Å². The molecule has 0 radical (unpaired) electrons. The molecule has 0 aromatic rings. The Morgan fingerprint density at radius 1 is 1.56 bits per heavy atom. The van der Waals surface area contributed by atoms with Gasteiger partial charge in [0.15, 0.2) is 0 Å². The van der Waals surface area contributed by atoms with Gasteiger partial charge in [-0.05, 0) is 11.1 Å². The average Bonchev–Trinajstić information content (AvgIpc) is 1.84. The highest BCUT2D eigenvalue weighted by molar-refractivity contribution is 7.79. The fourth-order valence-corrected chi connectivity index (χ4v) is 0.561. The van der Waals surface area contributed by atoms with Crippen LogP contribution in [0.4, 0.5) is 0 Å². The molecule has 0 saturated carbocycles. The van der Waals surface area contributed by atoms with Crippen LogP contribution >= 0.6 is 0 Å². The van der Waals surface area contributed by atoms with Crippen LogP contribution < -0.4 is 0 Å². The molecule has 6 heteroatoms. The fraction of sp³-hybridized carbons (Fsp3) is 1.00. The summed E-state index contributed by atoms with van der Waals surface area (Å²) in [5.41, 5.74) is -1.89. The molecule has 0 amide bonds. The normalized spacial score (nSPS) is 20.9. The quantitative estimate of drug-likeness (QED) is 0.392. The molecular formula is C3H7O5S-. The zero-order chi connectivity index (χ0) is 7.44. The Kier molecular flexibility index (Phi) is 3.91. The molecule has 0 saturated heterocycles. The molecule has 0 rings (SSSR count). The van der Waals surface area contributed by atoms with Gasteiger partial charge < -0.3 is 19.9 Å². The molecule has 0 aliphatic rings. The smallest absolute Gasteiger partial charge is 0.143 e. The number of rotatable bonds is 3. The molecular weight excluding hydrogens is 148 g/mol. The van der Waals surface area contributed by atoms with Gasteiger partial charge in [-0.15, -0.1) is 0 Å². The first-order valence-corrected chi connectivity index (χ1v) is 3.28. The van der Waals surface area contributed by atoms with Crippen LogP contribution in [0.1, 0.15) is 0 Å². The van der Waals surface area contributed by atoms with Crippen LogP contribution in [-0.2, 0) is 11.1 Å². The summed E-state index contributed by atoms with van der Waals surface area (Å²) in [6, 6.07) is 0. The minimum atomic E-state index is -2.74. The van der Waals surface area contributed by atoms with Crippen molar-refractivity contribution < 1.29 is 24.1 Å². The summed E-state index contributed by atoms with van der Waals surface area (Å²) >= 11 is -2.74. The topological polar surface area (TPSA) is 101 Å². The van der Waals surface area contributed by atoms with Gasteiger partial charge in [0.05, 0.1) is 6.61 Å². The van der Waals surface area contributed by atoms with Gasteiger partial charge >= 0.3 is 0 Å². The molecule has 0 aromatic carbocycles. The van der Waals surface area contributed by atoms with Crippen molar-refractivity contribution >= 4 is 11.1 Å². The maximum absolute atomic E-state index is 9.78. The van der Waals surface area contributed by atoms with Gasteiger partial charge in [-0.3, -0.25) is 4.21 Å². The average molecular weight is 155 g/mol. The van der Waals surface area contributed by atoms with Crippen LogP contribution in [0.3, 0.4) is 0 Å². The third-order valence-electron chi connectivity index (χ3n) is 0.713. The summed E-state index contributed by atoms with van der Waals surface area (Å²) in [6.07, 6.45) is -1.61. The monoisotopic (exact) mass is 155 g/mol. The van der Waals surface area contributed by atoms with Crippen molar-refractivity contribution in [2.24, 2.45) is 0 Å². The summed E-state index contributed by atoms with van der Waals surface area (Å²) < 4.78 is 19.6. The molecule has 0 heterocycles. The van der Waals surface area contributed by atoms with Crippen LogP contribution in [0.25, 0.3) is 0 Å².